The third-order valence-electron chi connectivity index (χ3n) is 5.78. The molecule has 0 bridgehead atoms. The molecule has 2 heterocycles. The van der Waals surface area contributed by atoms with Crippen LogP contribution in [0.2, 0.25) is 15.2 Å². The molecule has 0 radical (unpaired) electrons. The number of carbonyl (C=O) groups is 2. The van der Waals surface area contributed by atoms with Gasteiger partial charge in [-0.2, -0.15) is 0 Å². The summed E-state index contributed by atoms with van der Waals surface area (Å²) >= 11 is 18.7. The molecule has 1 aliphatic rings. The van der Waals surface area contributed by atoms with Crippen molar-refractivity contribution in [3.8, 4) is 0 Å². The molecule has 1 amide bonds. The van der Waals surface area contributed by atoms with E-state index in [1.165, 1.54) is 0 Å². The van der Waals surface area contributed by atoms with Gasteiger partial charge in [-0.25, -0.2) is 0 Å². The number of fused-ring (bicyclic) bond motifs is 2. The molecule has 1 unspecified atom stereocenters. The van der Waals surface area contributed by atoms with Gasteiger partial charge in [0.25, 0.3) is 5.91 Å². The summed E-state index contributed by atoms with van der Waals surface area (Å²) in [6, 6.07) is 22.5. The normalized spacial score (nSPS) is 14.4. The lowest BCUT2D eigenvalue weighted by atomic mass is 10.0. The van der Waals surface area contributed by atoms with E-state index < -0.39 is 11.9 Å². The highest BCUT2D eigenvalue weighted by Gasteiger charge is 2.29. The minimum atomic E-state index is -0.612. The van der Waals surface area contributed by atoms with Gasteiger partial charge in [0.05, 0.1) is 22.2 Å². The number of aromatic nitrogens is 1. The Labute approximate surface area is 211 Å². The summed E-state index contributed by atoms with van der Waals surface area (Å²) in [7, 11) is 0. The van der Waals surface area contributed by atoms with Crippen molar-refractivity contribution in [3.05, 3.63) is 116 Å². The molecule has 4 aromatic rings. The van der Waals surface area contributed by atoms with E-state index in [9.17, 15) is 9.59 Å². The summed E-state index contributed by atoms with van der Waals surface area (Å²) < 4.78 is 1.94. The molecule has 5 rings (SSSR count). The second-order valence-corrected chi connectivity index (χ2v) is 9.10. The fourth-order valence-corrected chi connectivity index (χ4v) is 4.86. The lowest BCUT2D eigenvalue weighted by molar-refractivity contribution is 0.0966. The smallest absolute Gasteiger partial charge is 0.258 e. The largest absolute Gasteiger partial charge is 0.370 e. The van der Waals surface area contributed by atoms with Crippen molar-refractivity contribution < 1.29 is 9.59 Å². The molecule has 5 nitrogen and oxygen atoms in total. The molecule has 0 fully saturated rings. The number of hydrogen-bond acceptors (Lipinski definition) is 3. The number of Topliss-reactive ketones (excluding diaryl/α,β-unsaturated/α-hetero) is 1. The first-order valence-corrected chi connectivity index (χ1v) is 11.6. The molecular weight excluding hydrogens is 493 g/mol. The summed E-state index contributed by atoms with van der Waals surface area (Å²) in [5, 5.41) is 7.25. The summed E-state index contributed by atoms with van der Waals surface area (Å²) in [5.74, 6) is -0.538. The molecule has 1 aliphatic heterocycles. The van der Waals surface area contributed by atoms with Gasteiger partial charge in [-0.3, -0.25) is 9.59 Å². The van der Waals surface area contributed by atoms with E-state index in [1.54, 1.807) is 48.5 Å². The third kappa shape index (κ3) is 4.18. The lowest BCUT2D eigenvalue weighted by Gasteiger charge is -2.18. The summed E-state index contributed by atoms with van der Waals surface area (Å²) in [6.45, 7) is 0.573. The molecule has 3 aromatic carbocycles. The number of halogens is 3. The van der Waals surface area contributed by atoms with Crippen LogP contribution >= 0.6 is 34.8 Å². The summed E-state index contributed by atoms with van der Waals surface area (Å²) in [4.78, 5) is 26.2. The van der Waals surface area contributed by atoms with Crippen LogP contribution in [0.5, 0.6) is 0 Å². The van der Waals surface area contributed by atoms with Gasteiger partial charge in [-0.15, -0.1) is 0 Å². The van der Waals surface area contributed by atoms with Crippen LogP contribution in [0, 0.1) is 0 Å². The van der Waals surface area contributed by atoms with E-state index in [0.29, 0.717) is 22.9 Å². The maximum atomic E-state index is 13.5. The number of nitrogens with one attached hydrogen (secondary N) is 2. The lowest BCUT2D eigenvalue weighted by Crippen LogP contribution is -2.22. The number of carbonyl (C=O) groups excluding carboxylic acids is 2. The topological polar surface area (TPSA) is 63.1 Å². The van der Waals surface area contributed by atoms with Gasteiger partial charge in [0.2, 0.25) is 0 Å². The monoisotopic (exact) mass is 509 g/mol. The van der Waals surface area contributed by atoms with E-state index in [-0.39, 0.29) is 21.4 Å². The van der Waals surface area contributed by atoms with Gasteiger partial charge in [-0.05, 0) is 60.2 Å². The summed E-state index contributed by atoms with van der Waals surface area (Å²) in [6.07, 6.45) is 0. The summed E-state index contributed by atoms with van der Waals surface area (Å²) in [5.41, 5.74) is 3.94. The molecule has 0 aliphatic carbocycles. The quantitative estimate of drug-likeness (QED) is 0.288. The molecule has 0 saturated carbocycles. The molecule has 0 spiro atoms. The van der Waals surface area contributed by atoms with Crippen LogP contribution in [0.3, 0.4) is 0 Å². The van der Waals surface area contributed by atoms with Crippen molar-refractivity contribution in [2.75, 3.05) is 10.6 Å². The van der Waals surface area contributed by atoms with E-state index in [2.05, 4.69) is 10.6 Å². The zero-order chi connectivity index (χ0) is 23.8. The van der Waals surface area contributed by atoms with E-state index in [4.69, 9.17) is 34.8 Å². The second kappa shape index (κ2) is 9.18. The zero-order valence-corrected chi connectivity index (χ0v) is 20.0. The van der Waals surface area contributed by atoms with Gasteiger partial charge < -0.3 is 15.2 Å². The molecule has 170 valence electrons. The minimum Gasteiger partial charge on any atom is -0.370 e. The number of nitrogens with zero attached hydrogens (tertiary/aromatic N) is 1. The molecule has 0 saturated heterocycles. The van der Waals surface area contributed by atoms with Crippen LogP contribution in [-0.2, 0) is 6.54 Å². The van der Waals surface area contributed by atoms with Gasteiger partial charge in [0.1, 0.15) is 11.2 Å². The van der Waals surface area contributed by atoms with Crippen molar-refractivity contribution in [2.45, 2.75) is 12.6 Å². The van der Waals surface area contributed by atoms with Gasteiger partial charge in [-0.1, -0.05) is 59.1 Å². The Bertz CT molecular complexity index is 1390. The maximum Gasteiger partial charge on any atom is 0.258 e. The number of amides is 1. The Morgan fingerprint density at radius 2 is 1.56 bits per heavy atom. The predicted octanol–water partition coefficient (Wildman–Crippen LogP) is 7.10. The van der Waals surface area contributed by atoms with Gasteiger partial charge >= 0.3 is 0 Å². The third-order valence-corrected chi connectivity index (χ3v) is 6.74. The molecular formula is C26H18Cl3N3O2. The number of para-hydroxylation sites is 1. The average Bonchev–Trinajstić information content (AvgIpc) is 3.08. The molecule has 1 aromatic heterocycles. The maximum absolute atomic E-state index is 13.5. The Kier molecular flexibility index (Phi) is 6.09. The molecule has 2 N–H and O–H groups in total. The van der Waals surface area contributed by atoms with E-state index >= 15 is 0 Å². The number of ketones is 1. The highest BCUT2D eigenvalue weighted by Crippen LogP contribution is 2.34. The van der Waals surface area contributed by atoms with E-state index in [0.717, 1.165) is 16.9 Å². The number of anilines is 2. The highest BCUT2D eigenvalue weighted by molar-refractivity contribution is 6.40. The molecule has 1 atom stereocenters. The van der Waals surface area contributed by atoms with Crippen molar-refractivity contribution >= 4 is 57.9 Å². The van der Waals surface area contributed by atoms with E-state index in [1.807, 2.05) is 34.9 Å². The Hall–Kier alpha value is -3.25. The first kappa shape index (κ1) is 22.5. The van der Waals surface area contributed by atoms with Crippen LogP contribution in [0.1, 0.15) is 38.0 Å². The number of benzene rings is 3. The van der Waals surface area contributed by atoms with Crippen molar-refractivity contribution in [3.63, 3.8) is 0 Å². The SMILES string of the molecule is O=C(Nc1ccc(C(=O)C2Nc3ccccc3Cn3c(Cl)ccc32)cc1)c1c(Cl)cccc1Cl. The first-order valence-electron chi connectivity index (χ1n) is 10.5. The zero-order valence-electron chi connectivity index (χ0n) is 17.7. The van der Waals surface area contributed by atoms with Crippen LogP contribution in [0.25, 0.3) is 0 Å². The second-order valence-electron chi connectivity index (χ2n) is 7.89. The Morgan fingerprint density at radius 1 is 0.853 bits per heavy atom. The molecule has 8 heteroatoms. The van der Waals surface area contributed by atoms with Crippen molar-refractivity contribution in [1.82, 2.24) is 4.57 Å². The Morgan fingerprint density at radius 3 is 2.29 bits per heavy atom. The van der Waals surface area contributed by atoms with Crippen LogP contribution in [0.15, 0.2) is 78.9 Å². The number of hydrogen-bond donors (Lipinski definition) is 2. The fraction of sp³-hybridized carbons (Fsp3) is 0.0769. The molecule has 34 heavy (non-hydrogen) atoms. The standard InChI is InChI=1S/C26H18Cl3N3O2/c27-18-5-3-6-19(28)23(18)26(34)30-17-10-8-15(9-11-17)25(33)24-21-12-13-22(29)32(21)14-16-4-1-2-7-20(16)31-24/h1-13,24,31H,14H2,(H,30,34). The minimum absolute atomic E-state index is 0.111. The van der Waals surface area contributed by atoms with Crippen molar-refractivity contribution in [2.24, 2.45) is 0 Å². The highest BCUT2D eigenvalue weighted by atomic mass is 35.5. The van der Waals surface area contributed by atoms with Gasteiger partial charge in [0.15, 0.2) is 5.78 Å². The van der Waals surface area contributed by atoms with Gasteiger partial charge in [0, 0.05) is 22.6 Å². The van der Waals surface area contributed by atoms with Crippen LogP contribution < -0.4 is 10.6 Å². The van der Waals surface area contributed by atoms with Crippen molar-refractivity contribution in [1.29, 1.82) is 0 Å². The van der Waals surface area contributed by atoms with Crippen LogP contribution in [-0.4, -0.2) is 16.3 Å². The van der Waals surface area contributed by atoms with Crippen LogP contribution in [0.4, 0.5) is 11.4 Å². The Balaban J connectivity index is 1.40. The predicted molar refractivity (Wildman–Crippen MR) is 137 cm³/mol. The number of rotatable bonds is 4. The first-order chi connectivity index (χ1) is 16.4. The fourth-order valence-electron chi connectivity index (χ4n) is 4.07. The average molecular weight is 511 g/mol.